The van der Waals surface area contributed by atoms with Crippen LogP contribution in [0.5, 0.6) is 5.75 Å². The highest BCUT2D eigenvalue weighted by atomic mass is 19.1. The Morgan fingerprint density at radius 3 is 2.33 bits per heavy atom. The third-order valence-electron chi connectivity index (χ3n) is 7.67. The van der Waals surface area contributed by atoms with E-state index in [1.54, 1.807) is 36.4 Å². The van der Waals surface area contributed by atoms with E-state index in [9.17, 15) is 23.9 Å². The highest BCUT2D eigenvalue weighted by Gasteiger charge is 2.70. The van der Waals surface area contributed by atoms with E-state index in [4.69, 9.17) is 0 Å². The van der Waals surface area contributed by atoms with Gasteiger partial charge in [0.1, 0.15) is 17.1 Å². The second kappa shape index (κ2) is 7.99. The Labute approximate surface area is 206 Å². The minimum absolute atomic E-state index is 0.112. The van der Waals surface area contributed by atoms with Crippen LogP contribution in [0.4, 0.5) is 15.8 Å². The molecule has 3 amide bonds. The molecule has 0 unspecified atom stereocenters. The molecular formula is C28H24FN3O4. The monoisotopic (exact) mass is 485 g/mol. The predicted molar refractivity (Wildman–Crippen MR) is 131 cm³/mol. The van der Waals surface area contributed by atoms with Crippen molar-refractivity contribution in [3.05, 3.63) is 89.2 Å². The van der Waals surface area contributed by atoms with Crippen molar-refractivity contribution in [1.82, 2.24) is 5.32 Å². The number of aromatic hydroxyl groups is 1. The number of nitrogens with zero attached hydrogens (tertiary/aromatic N) is 1. The molecule has 36 heavy (non-hydrogen) atoms. The SMILES string of the molecule is CCc1ccc(N2C(=O)[C@H]3[C@H](Cc4ccc(O)cc4)N[C@]4(C(=O)Nc5ccc(F)cc54)[C@@H]3C2=O)cc1. The summed E-state index contributed by atoms with van der Waals surface area (Å²) in [5.41, 5.74) is 1.53. The van der Waals surface area contributed by atoms with Crippen LogP contribution in [0.25, 0.3) is 0 Å². The van der Waals surface area contributed by atoms with Gasteiger partial charge in [0.2, 0.25) is 17.7 Å². The van der Waals surface area contributed by atoms with Gasteiger partial charge < -0.3 is 10.4 Å². The number of hydrogen-bond donors (Lipinski definition) is 3. The third-order valence-corrected chi connectivity index (χ3v) is 7.67. The number of benzene rings is 3. The van der Waals surface area contributed by atoms with Crippen LogP contribution >= 0.6 is 0 Å². The van der Waals surface area contributed by atoms with Crippen molar-refractivity contribution in [3.8, 4) is 5.75 Å². The molecule has 2 fully saturated rings. The minimum Gasteiger partial charge on any atom is -0.508 e. The van der Waals surface area contributed by atoms with Crippen molar-refractivity contribution in [3.63, 3.8) is 0 Å². The Kier molecular flexibility index (Phi) is 4.98. The van der Waals surface area contributed by atoms with Gasteiger partial charge in [-0.3, -0.25) is 19.7 Å². The molecule has 8 heteroatoms. The first-order valence-corrected chi connectivity index (χ1v) is 12.0. The normalized spacial score (nSPS) is 26.4. The van der Waals surface area contributed by atoms with Gasteiger partial charge in [0.15, 0.2) is 0 Å². The summed E-state index contributed by atoms with van der Waals surface area (Å²) >= 11 is 0. The summed E-state index contributed by atoms with van der Waals surface area (Å²) in [7, 11) is 0. The van der Waals surface area contributed by atoms with Crippen LogP contribution in [0.15, 0.2) is 66.7 Å². The number of carbonyl (C=O) groups is 3. The standard InChI is InChI=1S/C28H24FN3O4/c1-2-15-3-8-18(9-4-15)32-25(34)23-22(13-16-5-10-19(33)11-6-16)31-28(24(23)26(32)35)20-14-17(29)7-12-21(20)30-27(28)36/h3-12,14,22-24,31,33H,2,13H2,1H3,(H,30,36)/t22-,23-,24-,28-/m0/s1. The third kappa shape index (κ3) is 3.10. The van der Waals surface area contributed by atoms with Crippen LogP contribution in [0, 0.1) is 17.7 Å². The Hall–Kier alpha value is -4.04. The molecule has 3 aromatic rings. The van der Waals surface area contributed by atoms with E-state index in [0.29, 0.717) is 23.4 Å². The van der Waals surface area contributed by atoms with E-state index in [1.165, 1.54) is 23.1 Å². The van der Waals surface area contributed by atoms with Crippen molar-refractivity contribution in [2.45, 2.75) is 31.3 Å². The minimum atomic E-state index is -1.57. The average molecular weight is 486 g/mol. The molecule has 3 aliphatic rings. The maximum atomic E-state index is 14.4. The summed E-state index contributed by atoms with van der Waals surface area (Å²) in [6.45, 7) is 2.02. The largest absolute Gasteiger partial charge is 0.508 e. The molecule has 0 saturated carbocycles. The van der Waals surface area contributed by atoms with Crippen LogP contribution in [-0.2, 0) is 32.8 Å². The molecule has 1 spiro atoms. The number of phenols is 1. The molecule has 0 bridgehead atoms. The van der Waals surface area contributed by atoms with Crippen molar-refractivity contribution in [1.29, 1.82) is 0 Å². The van der Waals surface area contributed by atoms with E-state index in [2.05, 4.69) is 10.6 Å². The highest BCUT2D eigenvalue weighted by Crippen LogP contribution is 2.54. The Balaban J connectivity index is 1.48. The Morgan fingerprint density at radius 2 is 1.64 bits per heavy atom. The molecule has 0 aliphatic carbocycles. The molecule has 6 rings (SSSR count). The van der Waals surface area contributed by atoms with Crippen molar-refractivity contribution >= 4 is 29.1 Å². The fourth-order valence-corrected chi connectivity index (χ4v) is 5.97. The molecule has 3 heterocycles. The lowest BCUT2D eigenvalue weighted by atomic mass is 9.76. The zero-order valence-electron chi connectivity index (χ0n) is 19.5. The van der Waals surface area contributed by atoms with Gasteiger partial charge in [-0.15, -0.1) is 0 Å². The molecule has 3 aliphatic heterocycles. The van der Waals surface area contributed by atoms with Crippen molar-refractivity contribution in [2.75, 3.05) is 10.2 Å². The number of rotatable bonds is 4. The van der Waals surface area contributed by atoms with Gasteiger partial charge in [-0.25, -0.2) is 9.29 Å². The molecule has 182 valence electrons. The molecule has 3 N–H and O–H groups in total. The highest BCUT2D eigenvalue weighted by molar-refractivity contribution is 6.25. The van der Waals surface area contributed by atoms with E-state index < -0.39 is 41.0 Å². The van der Waals surface area contributed by atoms with Gasteiger partial charge in [-0.05, 0) is 66.4 Å². The zero-order valence-corrected chi connectivity index (χ0v) is 19.5. The van der Waals surface area contributed by atoms with Crippen LogP contribution in [0.3, 0.4) is 0 Å². The number of anilines is 2. The van der Waals surface area contributed by atoms with Crippen LogP contribution < -0.4 is 15.5 Å². The maximum Gasteiger partial charge on any atom is 0.250 e. The summed E-state index contributed by atoms with van der Waals surface area (Å²) in [4.78, 5) is 42.5. The first-order chi connectivity index (χ1) is 17.3. The summed E-state index contributed by atoms with van der Waals surface area (Å²) in [5.74, 6) is -3.65. The van der Waals surface area contributed by atoms with Crippen LogP contribution in [-0.4, -0.2) is 28.9 Å². The Morgan fingerprint density at radius 1 is 0.944 bits per heavy atom. The van der Waals surface area contributed by atoms with Crippen LogP contribution in [0.1, 0.15) is 23.6 Å². The fourth-order valence-electron chi connectivity index (χ4n) is 5.97. The number of imide groups is 1. The topological polar surface area (TPSA) is 98.7 Å². The second-order valence-corrected chi connectivity index (χ2v) is 9.61. The first kappa shape index (κ1) is 22.4. The first-order valence-electron chi connectivity index (χ1n) is 12.0. The molecule has 2 saturated heterocycles. The number of halogens is 1. The molecule has 4 atom stereocenters. The lowest BCUT2D eigenvalue weighted by Crippen LogP contribution is -2.53. The maximum absolute atomic E-state index is 14.4. The number of carbonyl (C=O) groups excluding carboxylic acids is 3. The molecule has 0 radical (unpaired) electrons. The van der Waals surface area contributed by atoms with E-state index in [-0.39, 0.29) is 11.7 Å². The predicted octanol–water partition coefficient (Wildman–Crippen LogP) is 3.26. The zero-order chi connectivity index (χ0) is 25.2. The van der Waals surface area contributed by atoms with Gasteiger partial charge in [-0.2, -0.15) is 0 Å². The molecule has 0 aromatic heterocycles. The summed E-state index contributed by atoms with van der Waals surface area (Å²) in [6, 6.07) is 17.2. The van der Waals surface area contributed by atoms with Gasteiger partial charge in [-0.1, -0.05) is 31.2 Å². The summed E-state index contributed by atoms with van der Waals surface area (Å²) in [5, 5.41) is 15.8. The average Bonchev–Trinajstić information content (AvgIpc) is 3.45. The van der Waals surface area contributed by atoms with Gasteiger partial charge in [0, 0.05) is 17.3 Å². The van der Waals surface area contributed by atoms with Gasteiger partial charge in [0.05, 0.1) is 17.5 Å². The summed E-state index contributed by atoms with van der Waals surface area (Å²) < 4.78 is 14.4. The molecular weight excluding hydrogens is 461 g/mol. The number of hydrogen-bond acceptors (Lipinski definition) is 5. The number of fused-ring (bicyclic) bond motifs is 4. The Bertz CT molecular complexity index is 1410. The van der Waals surface area contributed by atoms with Crippen molar-refractivity contribution < 1.29 is 23.9 Å². The number of phenolic OH excluding ortho intramolecular Hbond substituents is 1. The van der Waals surface area contributed by atoms with Gasteiger partial charge >= 0.3 is 0 Å². The molecule has 7 nitrogen and oxygen atoms in total. The second-order valence-electron chi connectivity index (χ2n) is 9.61. The fraction of sp³-hybridized carbons (Fsp3) is 0.250. The lowest BCUT2D eigenvalue weighted by Gasteiger charge is -2.29. The van der Waals surface area contributed by atoms with Crippen LogP contribution in [0.2, 0.25) is 0 Å². The number of nitrogens with one attached hydrogen (secondary N) is 2. The summed E-state index contributed by atoms with van der Waals surface area (Å²) in [6.07, 6.45) is 1.15. The van der Waals surface area contributed by atoms with Crippen molar-refractivity contribution in [2.24, 2.45) is 11.8 Å². The number of amides is 3. The number of aryl methyl sites for hydroxylation is 1. The van der Waals surface area contributed by atoms with E-state index >= 15 is 0 Å². The molecule has 3 aromatic carbocycles. The quantitative estimate of drug-likeness (QED) is 0.493. The van der Waals surface area contributed by atoms with E-state index in [0.717, 1.165) is 17.5 Å². The van der Waals surface area contributed by atoms with Gasteiger partial charge in [0.25, 0.3) is 0 Å². The smallest absolute Gasteiger partial charge is 0.250 e. The lowest BCUT2D eigenvalue weighted by molar-refractivity contribution is -0.130. The van der Waals surface area contributed by atoms with E-state index in [1.807, 2.05) is 19.1 Å².